The molecule has 0 aliphatic carbocycles. The fourth-order valence-electron chi connectivity index (χ4n) is 2.26. The van der Waals surface area contributed by atoms with Crippen LogP contribution in [0.3, 0.4) is 0 Å². The van der Waals surface area contributed by atoms with Crippen LogP contribution in [0.2, 0.25) is 5.02 Å². The number of benzene rings is 1. The van der Waals surface area contributed by atoms with Crippen LogP contribution < -0.4 is 10.2 Å². The molecular weight excluding hydrogens is 295 g/mol. The molecule has 1 aliphatic rings. The van der Waals surface area contributed by atoms with Crippen molar-refractivity contribution in [2.24, 2.45) is 5.92 Å². The van der Waals surface area contributed by atoms with Crippen LogP contribution >= 0.6 is 11.6 Å². The van der Waals surface area contributed by atoms with Gasteiger partial charge in [-0.2, -0.15) is 0 Å². The summed E-state index contributed by atoms with van der Waals surface area (Å²) in [6.45, 7) is 5.94. The van der Waals surface area contributed by atoms with Gasteiger partial charge in [-0.1, -0.05) is 11.6 Å². The molecule has 0 saturated carbocycles. The largest absolute Gasteiger partial charge is 0.351 e. The van der Waals surface area contributed by atoms with Gasteiger partial charge in [-0.15, -0.1) is 0 Å². The molecule has 0 radical (unpaired) electrons. The van der Waals surface area contributed by atoms with E-state index >= 15 is 0 Å². The lowest BCUT2D eigenvalue weighted by atomic mass is 10.0. The Morgan fingerprint density at radius 1 is 1.43 bits per heavy atom. The number of amides is 2. The lowest BCUT2D eigenvalue weighted by Gasteiger charge is -2.23. The summed E-state index contributed by atoms with van der Waals surface area (Å²) in [5.41, 5.74) is 0.171. The molecule has 1 unspecified atom stereocenters. The Morgan fingerprint density at radius 3 is 2.67 bits per heavy atom. The molecule has 2 amide bonds. The van der Waals surface area contributed by atoms with E-state index in [2.05, 4.69) is 5.32 Å². The lowest BCUT2D eigenvalue weighted by Crippen LogP contribution is -2.44. The van der Waals surface area contributed by atoms with Gasteiger partial charge in [0, 0.05) is 24.2 Å². The second-order valence-corrected chi connectivity index (χ2v) is 6.65. The summed E-state index contributed by atoms with van der Waals surface area (Å²) in [4.78, 5) is 25.7. The van der Waals surface area contributed by atoms with E-state index < -0.39 is 11.7 Å². The van der Waals surface area contributed by atoms with Crippen molar-refractivity contribution in [2.45, 2.75) is 32.7 Å². The van der Waals surface area contributed by atoms with E-state index in [4.69, 9.17) is 11.6 Å². The normalized spacial score (nSPS) is 19.0. The highest BCUT2D eigenvalue weighted by Crippen LogP contribution is 2.28. The summed E-state index contributed by atoms with van der Waals surface area (Å²) < 4.78 is 13.2. The number of carbonyl (C=O) groups is 2. The SMILES string of the molecule is CC(C)(C)NC(=O)C1CC(=O)N(c2ccc(F)c(Cl)c2)C1. The van der Waals surface area contributed by atoms with E-state index in [9.17, 15) is 14.0 Å². The van der Waals surface area contributed by atoms with Crippen molar-refractivity contribution < 1.29 is 14.0 Å². The standard InChI is InChI=1S/C15H18ClFN2O2/c1-15(2,3)18-14(21)9-6-13(20)19(8-9)10-4-5-12(17)11(16)7-10/h4-5,7,9H,6,8H2,1-3H3,(H,18,21). The van der Waals surface area contributed by atoms with Crippen LogP contribution in [0, 0.1) is 11.7 Å². The maximum Gasteiger partial charge on any atom is 0.227 e. The first-order valence-corrected chi connectivity index (χ1v) is 7.12. The van der Waals surface area contributed by atoms with Crippen molar-refractivity contribution in [3.05, 3.63) is 29.0 Å². The van der Waals surface area contributed by atoms with Gasteiger partial charge in [-0.3, -0.25) is 9.59 Å². The number of hydrogen-bond acceptors (Lipinski definition) is 2. The van der Waals surface area contributed by atoms with Gasteiger partial charge in [0.15, 0.2) is 0 Å². The number of rotatable bonds is 2. The van der Waals surface area contributed by atoms with Gasteiger partial charge < -0.3 is 10.2 Å². The molecule has 114 valence electrons. The molecule has 1 fully saturated rings. The minimum absolute atomic E-state index is 0.0390. The fourth-order valence-corrected chi connectivity index (χ4v) is 2.43. The fraction of sp³-hybridized carbons (Fsp3) is 0.467. The Bertz CT molecular complexity index is 584. The zero-order valence-electron chi connectivity index (χ0n) is 12.2. The predicted molar refractivity (Wildman–Crippen MR) is 79.8 cm³/mol. The van der Waals surface area contributed by atoms with Gasteiger partial charge in [0.05, 0.1) is 10.9 Å². The Balaban J connectivity index is 2.12. The minimum atomic E-state index is -0.533. The average molecular weight is 313 g/mol. The van der Waals surface area contributed by atoms with Crippen LogP contribution in [-0.4, -0.2) is 23.9 Å². The van der Waals surface area contributed by atoms with Crippen LogP contribution in [-0.2, 0) is 9.59 Å². The number of anilines is 1. The van der Waals surface area contributed by atoms with Crippen LogP contribution in [0.1, 0.15) is 27.2 Å². The molecule has 21 heavy (non-hydrogen) atoms. The van der Waals surface area contributed by atoms with Crippen molar-refractivity contribution >= 4 is 29.1 Å². The molecule has 0 spiro atoms. The van der Waals surface area contributed by atoms with Crippen molar-refractivity contribution in [3.8, 4) is 0 Å². The number of nitrogens with one attached hydrogen (secondary N) is 1. The Labute approximate surface area is 128 Å². The Hall–Kier alpha value is -1.62. The lowest BCUT2D eigenvalue weighted by molar-refractivity contribution is -0.127. The summed E-state index contributed by atoms with van der Waals surface area (Å²) in [5.74, 6) is -1.24. The molecule has 1 aromatic carbocycles. The third kappa shape index (κ3) is 3.73. The third-order valence-electron chi connectivity index (χ3n) is 3.21. The quantitative estimate of drug-likeness (QED) is 0.913. The molecule has 1 heterocycles. The first-order valence-electron chi connectivity index (χ1n) is 6.75. The molecule has 1 saturated heterocycles. The van der Waals surface area contributed by atoms with E-state index in [-0.39, 0.29) is 35.3 Å². The molecule has 1 aromatic rings. The van der Waals surface area contributed by atoms with Crippen molar-refractivity contribution in [1.82, 2.24) is 5.32 Å². The molecule has 1 N–H and O–H groups in total. The van der Waals surface area contributed by atoms with Crippen LogP contribution in [0.25, 0.3) is 0 Å². The molecule has 2 rings (SSSR count). The van der Waals surface area contributed by atoms with Crippen molar-refractivity contribution in [3.63, 3.8) is 0 Å². The monoisotopic (exact) mass is 312 g/mol. The molecule has 1 aliphatic heterocycles. The Morgan fingerprint density at radius 2 is 2.10 bits per heavy atom. The molecule has 4 nitrogen and oxygen atoms in total. The topological polar surface area (TPSA) is 49.4 Å². The highest BCUT2D eigenvalue weighted by Gasteiger charge is 2.36. The summed E-state index contributed by atoms with van der Waals surface area (Å²) in [7, 11) is 0. The molecule has 0 aromatic heterocycles. The summed E-state index contributed by atoms with van der Waals surface area (Å²) >= 11 is 5.73. The first kappa shape index (κ1) is 15.8. The smallest absolute Gasteiger partial charge is 0.227 e. The summed E-state index contributed by atoms with van der Waals surface area (Å²) in [5, 5.41) is 2.83. The minimum Gasteiger partial charge on any atom is -0.351 e. The van der Waals surface area contributed by atoms with E-state index in [0.29, 0.717) is 5.69 Å². The number of hydrogen-bond donors (Lipinski definition) is 1. The van der Waals surface area contributed by atoms with Gasteiger partial charge in [-0.25, -0.2) is 4.39 Å². The van der Waals surface area contributed by atoms with Crippen LogP contribution in [0.5, 0.6) is 0 Å². The number of halogens is 2. The van der Waals surface area contributed by atoms with E-state index in [1.165, 1.54) is 23.1 Å². The summed E-state index contributed by atoms with van der Waals surface area (Å²) in [6, 6.07) is 4.11. The molecule has 1 atom stereocenters. The van der Waals surface area contributed by atoms with Crippen molar-refractivity contribution in [1.29, 1.82) is 0 Å². The van der Waals surface area contributed by atoms with Gasteiger partial charge in [0.1, 0.15) is 5.82 Å². The van der Waals surface area contributed by atoms with E-state index in [1.54, 1.807) is 0 Å². The second-order valence-electron chi connectivity index (χ2n) is 6.24. The maximum atomic E-state index is 13.2. The number of carbonyl (C=O) groups excluding carboxylic acids is 2. The highest BCUT2D eigenvalue weighted by molar-refractivity contribution is 6.31. The number of nitrogens with zero attached hydrogens (tertiary/aromatic N) is 1. The van der Waals surface area contributed by atoms with E-state index in [1.807, 2.05) is 20.8 Å². The Kier molecular flexibility index (Phi) is 4.23. The highest BCUT2D eigenvalue weighted by atomic mass is 35.5. The first-order chi connectivity index (χ1) is 9.67. The zero-order chi connectivity index (χ0) is 15.8. The summed E-state index contributed by atoms with van der Waals surface area (Å²) in [6.07, 6.45) is 0.150. The second kappa shape index (κ2) is 5.64. The van der Waals surface area contributed by atoms with Gasteiger partial charge in [-0.05, 0) is 39.0 Å². The van der Waals surface area contributed by atoms with Gasteiger partial charge in [0.2, 0.25) is 11.8 Å². The van der Waals surface area contributed by atoms with Gasteiger partial charge >= 0.3 is 0 Å². The van der Waals surface area contributed by atoms with Gasteiger partial charge in [0.25, 0.3) is 0 Å². The van der Waals surface area contributed by atoms with Crippen LogP contribution in [0.4, 0.5) is 10.1 Å². The average Bonchev–Trinajstić information content (AvgIpc) is 2.73. The van der Waals surface area contributed by atoms with Crippen molar-refractivity contribution in [2.75, 3.05) is 11.4 Å². The maximum absolute atomic E-state index is 13.2. The molecule has 0 bridgehead atoms. The molecule has 6 heteroatoms. The van der Waals surface area contributed by atoms with E-state index in [0.717, 1.165) is 0 Å². The van der Waals surface area contributed by atoms with Crippen LogP contribution in [0.15, 0.2) is 18.2 Å². The predicted octanol–water partition coefficient (Wildman–Crippen LogP) is 2.75. The zero-order valence-corrected chi connectivity index (χ0v) is 13.0. The molecular formula is C15H18ClFN2O2. The third-order valence-corrected chi connectivity index (χ3v) is 3.50.